The SMILES string of the molecule is COc1ccccc1N1CCN(CC2CCCCC2Cn2c(O)c3c(c2O)CCCC3)CC1. The van der Waals surface area contributed by atoms with Gasteiger partial charge in [-0.25, -0.2) is 0 Å². The molecule has 0 spiro atoms. The monoisotopic (exact) mass is 453 g/mol. The third-order valence-corrected chi connectivity index (χ3v) is 8.29. The number of hydrogen-bond donors (Lipinski definition) is 2. The number of piperazine rings is 1. The first-order valence-corrected chi connectivity index (χ1v) is 12.9. The van der Waals surface area contributed by atoms with E-state index in [9.17, 15) is 10.2 Å². The Morgan fingerprint density at radius 2 is 1.42 bits per heavy atom. The zero-order valence-corrected chi connectivity index (χ0v) is 20.0. The van der Waals surface area contributed by atoms with Gasteiger partial charge in [0.1, 0.15) is 5.75 Å². The van der Waals surface area contributed by atoms with Gasteiger partial charge in [-0.05, 0) is 62.5 Å². The number of para-hydroxylation sites is 2. The van der Waals surface area contributed by atoms with Crippen molar-refractivity contribution in [3.63, 3.8) is 0 Å². The summed E-state index contributed by atoms with van der Waals surface area (Å²) in [5.41, 5.74) is 3.19. The Labute approximate surface area is 197 Å². The highest BCUT2D eigenvalue weighted by Gasteiger charge is 2.32. The minimum absolute atomic E-state index is 0.331. The summed E-state index contributed by atoms with van der Waals surface area (Å²) in [7, 11) is 1.75. The number of aromatic nitrogens is 1. The van der Waals surface area contributed by atoms with E-state index in [4.69, 9.17) is 4.74 Å². The number of fused-ring (bicyclic) bond motifs is 1. The molecule has 2 N–H and O–H groups in total. The largest absolute Gasteiger partial charge is 0.495 e. The molecule has 180 valence electrons. The summed E-state index contributed by atoms with van der Waals surface area (Å²) in [5.74, 6) is 2.74. The van der Waals surface area contributed by atoms with Crippen molar-refractivity contribution in [1.29, 1.82) is 0 Å². The van der Waals surface area contributed by atoms with E-state index in [0.717, 1.165) is 81.8 Å². The number of hydrogen-bond acceptors (Lipinski definition) is 5. The van der Waals surface area contributed by atoms with Gasteiger partial charge in [-0.3, -0.25) is 9.47 Å². The highest BCUT2D eigenvalue weighted by molar-refractivity contribution is 5.58. The lowest BCUT2D eigenvalue weighted by Gasteiger charge is -2.40. The number of methoxy groups -OCH3 is 1. The zero-order valence-electron chi connectivity index (χ0n) is 20.0. The molecule has 1 aromatic heterocycles. The van der Waals surface area contributed by atoms with Crippen molar-refractivity contribution in [3.8, 4) is 17.5 Å². The maximum absolute atomic E-state index is 10.9. The van der Waals surface area contributed by atoms with E-state index >= 15 is 0 Å². The fourth-order valence-corrected chi connectivity index (χ4v) is 6.39. The van der Waals surface area contributed by atoms with Gasteiger partial charge in [-0.1, -0.05) is 25.0 Å². The molecular formula is C27H39N3O3. The molecule has 0 bridgehead atoms. The van der Waals surface area contributed by atoms with Crippen LogP contribution >= 0.6 is 0 Å². The van der Waals surface area contributed by atoms with Crippen molar-refractivity contribution in [1.82, 2.24) is 9.47 Å². The van der Waals surface area contributed by atoms with Crippen LogP contribution in [0.25, 0.3) is 0 Å². The summed E-state index contributed by atoms with van der Waals surface area (Å²) in [6.45, 7) is 6.03. The molecule has 1 aliphatic heterocycles. The van der Waals surface area contributed by atoms with Gasteiger partial charge in [0, 0.05) is 50.4 Å². The Hall–Kier alpha value is -2.34. The minimum atomic E-state index is 0.331. The van der Waals surface area contributed by atoms with Crippen LogP contribution in [0.4, 0.5) is 5.69 Å². The number of ether oxygens (including phenoxy) is 1. The summed E-state index contributed by atoms with van der Waals surface area (Å²) in [4.78, 5) is 5.06. The molecule has 1 saturated heterocycles. The van der Waals surface area contributed by atoms with Crippen LogP contribution in [0, 0.1) is 11.8 Å². The van der Waals surface area contributed by atoms with Gasteiger partial charge in [0.25, 0.3) is 0 Å². The van der Waals surface area contributed by atoms with Gasteiger partial charge in [-0.15, -0.1) is 0 Å². The zero-order chi connectivity index (χ0) is 22.8. The number of anilines is 1. The molecule has 6 heteroatoms. The van der Waals surface area contributed by atoms with Gasteiger partial charge in [0.2, 0.25) is 0 Å². The van der Waals surface area contributed by atoms with Crippen LogP contribution < -0.4 is 9.64 Å². The molecular weight excluding hydrogens is 414 g/mol. The third-order valence-electron chi connectivity index (χ3n) is 8.29. The number of nitrogens with zero attached hydrogens (tertiary/aromatic N) is 3. The number of aromatic hydroxyl groups is 2. The van der Waals surface area contributed by atoms with Crippen LogP contribution in [0.5, 0.6) is 17.5 Å². The minimum Gasteiger partial charge on any atom is -0.495 e. The van der Waals surface area contributed by atoms with Gasteiger partial charge in [0.15, 0.2) is 11.8 Å². The van der Waals surface area contributed by atoms with Crippen LogP contribution in [-0.4, -0.2) is 59.5 Å². The van der Waals surface area contributed by atoms with Crippen LogP contribution in [0.3, 0.4) is 0 Å². The molecule has 2 heterocycles. The Balaban J connectivity index is 1.22. The van der Waals surface area contributed by atoms with Crippen LogP contribution in [0.15, 0.2) is 24.3 Å². The second-order valence-corrected chi connectivity index (χ2v) is 10.2. The van der Waals surface area contributed by atoms with Gasteiger partial charge in [0.05, 0.1) is 12.8 Å². The summed E-state index contributed by atoms with van der Waals surface area (Å²) in [5, 5.41) is 21.7. The molecule has 2 fully saturated rings. The Morgan fingerprint density at radius 3 is 2.06 bits per heavy atom. The summed E-state index contributed by atoms with van der Waals surface area (Å²) >= 11 is 0. The lowest BCUT2D eigenvalue weighted by molar-refractivity contribution is 0.130. The predicted molar refractivity (Wildman–Crippen MR) is 131 cm³/mol. The highest BCUT2D eigenvalue weighted by Crippen LogP contribution is 2.41. The molecule has 6 nitrogen and oxygen atoms in total. The first-order valence-electron chi connectivity index (χ1n) is 12.9. The van der Waals surface area contributed by atoms with E-state index in [1.54, 1.807) is 7.11 Å². The van der Waals surface area contributed by atoms with E-state index in [0.29, 0.717) is 23.6 Å². The molecule has 33 heavy (non-hydrogen) atoms. The molecule has 1 saturated carbocycles. The topological polar surface area (TPSA) is 61.1 Å². The normalized spacial score (nSPS) is 24.0. The summed E-state index contributed by atoms with van der Waals surface area (Å²) in [6.07, 6.45) is 8.99. The van der Waals surface area contributed by atoms with Crippen molar-refractivity contribution in [2.24, 2.45) is 11.8 Å². The molecule has 5 rings (SSSR count). The molecule has 2 unspecified atom stereocenters. The first kappa shape index (κ1) is 22.5. The molecule has 0 radical (unpaired) electrons. The second-order valence-electron chi connectivity index (χ2n) is 10.2. The van der Waals surface area contributed by atoms with Crippen molar-refractivity contribution >= 4 is 5.69 Å². The van der Waals surface area contributed by atoms with Crippen LogP contribution in [0.1, 0.15) is 49.7 Å². The average molecular weight is 454 g/mol. The van der Waals surface area contributed by atoms with Crippen LogP contribution in [-0.2, 0) is 19.4 Å². The Morgan fingerprint density at radius 1 is 0.818 bits per heavy atom. The van der Waals surface area contributed by atoms with Gasteiger partial charge < -0.3 is 19.8 Å². The van der Waals surface area contributed by atoms with Crippen molar-refractivity contribution < 1.29 is 14.9 Å². The number of benzene rings is 1. The fraction of sp³-hybridized carbons (Fsp3) is 0.630. The standard InChI is InChI=1S/C27H39N3O3/c1-33-25-13-7-6-12-24(25)29-16-14-28(15-17-29)18-20-8-2-3-9-21(20)19-30-26(31)22-10-4-5-11-23(22)27(30)32/h6-7,12-13,20-21,31-32H,2-5,8-11,14-19H2,1H3. The van der Waals surface area contributed by atoms with E-state index in [2.05, 4.69) is 21.9 Å². The first-order chi connectivity index (χ1) is 16.2. The smallest absolute Gasteiger partial charge is 0.197 e. The maximum atomic E-state index is 10.9. The van der Waals surface area contributed by atoms with E-state index < -0.39 is 0 Å². The van der Waals surface area contributed by atoms with Crippen molar-refractivity contribution in [2.45, 2.75) is 57.9 Å². The molecule has 3 aliphatic rings. The van der Waals surface area contributed by atoms with Crippen molar-refractivity contribution in [2.75, 3.05) is 44.7 Å². The van der Waals surface area contributed by atoms with E-state index in [1.165, 1.54) is 31.4 Å². The fourth-order valence-electron chi connectivity index (χ4n) is 6.39. The molecule has 2 aliphatic carbocycles. The average Bonchev–Trinajstić information content (AvgIpc) is 3.10. The van der Waals surface area contributed by atoms with Gasteiger partial charge in [-0.2, -0.15) is 0 Å². The maximum Gasteiger partial charge on any atom is 0.197 e. The van der Waals surface area contributed by atoms with E-state index in [-0.39, 0.29) is 0 Å². The quantitative estimate of drug-likeness (QED) is 0.678. The molecule has 0 amide bonds. The van der Waals surface area contributed by atoms with E-state index in [1.807, 2.05) is 16.7 Å². The molecule has 2 atom stereocenters. The predicted octanol–water partition coefficient (Wildman–Crippen LogP) is 4.42. The highest BCUT2D eigenvalue weighted by atomic mass is 16.5. The number of rotatable bonds is 6. The Bertz CT molecular complexity index is 919. The second kappa shape index (κ2) is 9.88. The summed E-state index contributed by atoms with van der Waals surface area (Å²) in [6, 6.07) is 8.30. The Kier molecular flexibility index (Phi) is 6.72. The van der Waals surface area contributed by atoms with Crippen LogP contribution in [0.2, 0.25) is 0 Å². The molecule has 2 aromatic rings. The summed E-state index contributed by atoms with van der Waals surface area (Å²) < 4.78 is 7.40. The van der Waals surface area contributed by atoms with Crippen molar-refractivity contribution in [3.05, 3.63) is 35.4 Å². The molecule has 1 aromatic carbocycles. The lowest BCUT2D eigenvalue weighted by atomic mass is 9.78. The third kappa shape index (κ3) is 4.54. The van der Waals surface area contributed by atoms with Gasteiger partial charge >= 0.3 is 0 Å². The lowest BCUT2D eigenvalue weighted by Crippen LogP contribution is -2.49.